The van der Waals surface area contributed by atoms with Gasteiger partial charge in [0.05, 0.1) is 11.4 Å². The number of aromatic nitrogens is 2. The second-order valence-electron chi connectivity index (χ2n) is 3.07. The summed E-state index contributed by atoms with van der Waals surface area (Å²) in [5, 5.41) is 2.60. The van der Waals surface area contributed by atoms with Gasteiger partial charge in [0.15, 0.2) is 11.6 Å². The summed E-state index contributed by atoms with van der Waals surface area (Å²) in [5.41, 5.74) is 0.217. The van der Waals surface area contributed by atoms with E-state index in [0.717, 1.165) is 0 Å². The molecule has 1 aromatic heterocycles. The quantitative estimate of drug-likeness (QED) is 0.759. The summed E-state index contributed by atoms with van der Waals surface area (Å²) in [7, 11) is -1.97. The highest BCUT2D eigenvalue weighted by atomic mass is 32.2. The topological polar surface area (TPSA) is 84.0 Å². The second kappa shape index (κ2) is 5.17. The SMILES string of the molecule is CNS(=O)(=O)CCNc1ncnc(C)c1F. The highest BCUT2D eigenvalue weighted by molar-refractivity contribution is 7.89. The molecule has 6 nitrogen and oxygen atoms in total. The van der Waals surface area contributed by atoms with Crippen LogP contribution in [0.1, 0.15) is 5.69 Å². The predicted molar refractivity (Wildman–Crippen MR) is 58.1 cm³/mol. The van der Waals surface area contributed by atoms with Crippen LogP contribution in [0.25, 0.3) is 0 Å². The van der Waals surface area contributed by atoms with E-state index in [4.69, 9.17) is 0 Å². The van der Waals surface area contributed by atoms with Crippen LogP contribution in [0, 0.1) is 12.7 Å². The summed E-state index contributed by atoms with van der Waals surface area (Å²) in [4.78, 5) is 7.33. The zero-order valence-corrected chi connectivity index (χ0v) is 9.81. The van der Waals surface area contributed by atoms with Crippen molar-refractivity contribution in [1.82, 2.24) is 14.7 Å². The molecule has 0 aliphatic rings. The van der Waals surface area contributed by atoms with Crippen molar-refractivity contribution in [2.24, 2.45) is 0 Å². The standard InChI is InChI=1S/C8H13FN4O2S/c1-6-7(9)8(13-5-12-6)11-3-4-16(14,15)10-2/h5,10H,3-4H2,1-2H3,(H,11,12,13). The summed E-state index contributed by atoms with van der Waals surface area (Å²) in [6, 6.07) is 0. The maximum absolute atomic E-state index is 13.4. The molecular formula is C8H13FN4O2S. The molecule has 1 rings (SSSR count). The maximum atomic E-state index is 13.4. The van der Waals surface area contributed by atoms with Crippen LogP contribution < -0.4 is 10.0 Å². The number of sulfonamides is 1. The van der Waals surface area contributed by atoms with Crippen LogP contribution in [0.3, 0.4) is 0 Å². The van der Waals surface area contributed by atoms with Crippen LogP contribution in [0.4, 0.5) is 10.2 Å². The van der Waals surface area contributed by atoms with E-state index in [1.54, 1.807) is 0 Å². The number of nitrogens with zero attached hydrogens (tertiary/aromatic N) is 2. The molecule has 8 heteroatoms. The highest BCUT2D eigenvalue weighted by Gasteiger charge is 2.09. The van der Waals surface area contributed by atoms with Gasteiger partial charge < -0.3 is 5.32 Å². The van der Waals surface area contributed by atoms with Gasteiger partial charge in [0.25, 0.3) is 0 Å². The molecule has 1 heterocycles. The Balaban J connectivity index is 2.59. The summed E-state index contributed by atoms with van der Waals surface area (Å²) in [6.07, 6.45) is 1.22. The number of aryl methyl sites for hydroxylation is 1. The Morgan fingerprint density at radius 3 is 2.75 bits per heavy atom. The third-order valence-corrected chi connectivity index (χ3v) is 3.30. The summed E-state index contributed by atoms with van der Waals surface area (Å²) >= 11 is 0. The van der Waals surface area contributed by atoms with Crippen LogP contribution in [0.15, 0.2) is 6.33 Å². The number of hydrogen-bond acceptors (Lipinski definition) is 5. The molecule has 1 aromatic rings. The first-order chi connectivity index (χ1) is 7.46. The van der Waals surface area contributed by atoms with Gasteiger partial charge in [-0.15, -0.1) is 0 Å². The lowest BCUT2D eigenvalue weighted by molar-refractivity contribution is 0.587. The molecular weight excluding hydrogens is 235 g/mol. The molecule has 0 fully saturated rings. The Morgan fingerprint density at radius 2 is 2.12 bits per heavy atom. The van der Waals surface area contributed by atoms with Crippen molar-refractivity contribution in [2.75, 3.05) is 24.7 Å². The van der Waals surface area contributed by atoms with Crippen molar-refractivity contribution in [2.45, 2.75) is 6.92 Å². The Labute approximate surface area is 93.4 Å². The Morgan fingerprint density at radius 1 is 1.44 bits per heavy atom. The Hall–Kier alpha value is -1.28. The lowest BCUT2D eigenvalue weighted by Gasteiger charge is -2.07. The van der Waals surface area contributed by atoms with Gasteiger partial charge in [-0.2, -0.15) is 0 Å². The smallest absolute Gasteiger partial charge is 0.213 e. The lowest BCUT2D eigenvalue weighted by Crippen LogP contribution is -2.26. The number of halogens is 1. The maximum Gasteiger partial charge on any atom is 0.213 e. The molecule has 0 aliphatic heterocycles. The van der Waals surface area contributed by atoms with E-state index in [1.165, 1.54) is 20.3 Å². The monoisotopic (exact) mass is 248 g/mol. The van der Waals surface area contributed by atoms with E-state index in [0.29, 0.717) is 0 Å². The van der Waals surface area contributed by atoms with Gasteiger partial charge >= 0.3 is 0 Å². The van der Waals surface area contributed by atoms with Gasteiger partial charge in [0, 0.05) is 6.54 Å². The van der Waals surface area contributed by atoms with Crippen LogP contribution in [0.5, 0.6) is 0 Å². The number of nitrogens with one attached hydrogen (secondary N) is 2. The second-order valence-corrected chi connectivity index (χ2v) is 5.12. The van der Waals surface area contributed by atoms with E-state index < -0.39 is 15.8 Å². The van der Waals surface area contributed by atoms with Gasteiger partial charge in [-0.1, -0.05) is 0 Å². The molecule has 0 amide bonds. The number of rotatable bonds is 5. The van der Waals surface area contributed by atoms with Crippen LogP contribution in [-0.4, -0.2) is 37.7 Å². The van der Waals surface area contributed by atoms with E-state index in [2.05, 4.69) is 20.0 Å². The van der Waals surface area contributed by atoms with Crippen LogP contribution >= 0.6 is 0 Å². The van der Waals surface area contributed by atoms with E-state index in [-0.39, 0.29) is 23.8 Å². The summed E-state index contributed by atoms with van der Waals surface area (Å²) in [6.45, 7) is 1.59. The van der Waals surface area contributed by atoms with E-state index in [9.17, 15) is 12.8 Å². The fraction of sp³-hybridized carbons (Fsp3) is 0.500. The molecule has 2 N–H and O–H groups in total. The third kappa shape index (κ3) is 3.38. The van der Waals surface area contributed by atoms with Gasteiger partial charge in [0.1, 0.15) is 6.33 Å². The first-order valence-corrected chi connectivity index (χ1v) is 6.23. The summed E-state index contributed by atoms with van der Waals surface area (Å²) < 4.78 is 37.6. The molecule has 0 radical (unpaired) electrons. The fourth-order valence-corrected chi connectivity index (χ4v) is 1.56. The Bertz CT molecular complexity index is 463. The van der Waals surface area contributed by atoms with E-state index >= 15 is 0 Å². The molecule has 0 saturated carbocycles. The van der Waals surface area contributed by atoms with Crippen LogP contribution in [0.2, 0.25) is 0 Å². The van der Waals surface area contributed by atoms with Gasteiger partial charge in [-0.25, -0.2) is 27.5 Å². The molecule has 0 bridgehead atoms. The lowest BCUT2D eigenvalue weighted by atomic mass is 10.4. The minimum atomic E-state index is -3.29. The highest BCUT2D eigenvalue weighted by Crippen LogP contribution is 2.10. The molecule has 16 heavy (non-hydrogen) atoms. The first kappa shape index (κ1) is 12.8. The molecule has 0 aromatic carbocycles. The molecule has 0 spiro atoms. The van der Waals surface area contributed by atoms with Crippen molar-refractivity contribution in [3.05, 3.63) is 17.8 Å². The largest absolute Gasteiger partial charge is 0.366 e. The van der Waals surface area contributed by atoms with Gasteiger partial charge in [-0.05, 0) is 14.0 Å². The number of anilines is 1. The zero-order valence-electron chi connectivity index (χ0n) is 8.99. The van der Waals surface area contributed by atoms with Crippen molar-refractivity contribution >= 4 is 15.8 Å². The third-order valence-electron chi connectivity index (χ3n) is 1.94. The van der Waals surface area contributed by atoms with Crippen molar-refractivity contribution in [3.63, 3.8) is 0 Å². The first-order valence-electron chi connectivity index (χ1n) is 4.58. The predicted octanol–water partition coefficient (Wildman–Crippen LogP) is -0.115. The van der Waals surface area contributed by atoms with Crippen molar-refractivity contribution in [3.8, 4) is 0 Å². The average molecular weight is 248 g/mol. The van der Waals surface area contributed by atoms with Crippen molar-refractivity contribution < 1.29 is 12.8 Å². The zero-order chi connectivity index (χ0) is 12.2. The minimum Gasteiger partial charge on any atom is -0.366 e. The number of hydrogen-bond donors (Lipinski definition) is 2. The molecule has 0 unspecified atom stereocenters. The Kier molecular flexibility index (Phi) is 4.13. The fourth-order valence-electron chi connectivity index (χ4n) is 0.987. The van der Waals surface area contributed by atoms with Gasteiger partial charge in [0.2, 0.25) is 10.0 Å². The van der Waals surface area contributed by atoms with Gasteiger partial charge in [-0.3, -0.25) is 0 Å². The molecule has 0 aliphatic carbocycles. The molecule has 0 atom stereocenters. The molecule has 90 valence electrons. The molecule has 0 saturated heterocycles. The van der Waals surface area contributed by atoms with Crippen LogP contribution in [-0.2, 0) is 10.0 Å². The average Bonchev–Trinajstić information content (AvgIpc) is 2.24. The van der Waals surface area contributed by atoms with Crippen molar-refractivity contribution in [1.29, 1.82) is 0 Å². The normalized spacial score (nSPS) is 11.4. The minimum absolute atomic E-state index is 0.0128. The van der Waals surface area contributed by atoms with E-state index in [1.807, 2.05) is 0 Å². The summed E-state index contributed by atoms with van der Waals surface area (Å²) in [5.74, 6) is -0.699.